The van der Waals surface area contributed by atoms with E-state index in [4.69, 9.17) is 0 Å². The molecule has 2 rings (SSSR count). The lowest BCUT2D eigenvalue weighted by Gasteiger charge is -2.15. The Labute approximate surface area is 120 Å². The number of amides is 1. The largest absolute Gasteiger partial charge is 0.334 e. The van der Waals surface area contributed by atoms with Crippen molar-refractivity contribution in [3.8, 4) is 0 Å². The fourth-order valence-electron chi connectivity index (χ4n) is 2.01. The molecule has 2 aromatic rings. The van der Waals surface area contributed by atoms with Gasteiger partial charge >= 0.3 is 5.69 Å². The lowest BCUT2D eigenvalue weighted by Crippen LogP contribution is -2.29. The fraction of sp³-hybridized carbons (Fsp3) is 0.417. The maximum atomic E-state index is 12.4. The Balaban J connectivity index is 2.26. The summed E-state index contributed by atoms with van der Waals surface area (Å²) in [7, 11) is 3.36. The number of aromatic nitrogens is 4. The van der Waals surface area contributed by atoms with Crippen LogP contribution in [0.5, 0.6) is 0 Å². The first-order valence-electron chi connectivity index (χ1n) is 6.38. The quantitative estimate of drug-likeness (QED) is 0.600. The van der Waals surface area contributed by atoms with Crippen molar-refractivity contribution in [2.75, 3.05) is 7.05 Å². The molecular weight excluding hydrogens is 276 g/mol. The second-order valence-corrected chi connectivity index (χ2v) is 4.59. The Bertz CT molecular complexity index is 674. The van der Waals surface area contributed by atoms with Gasteiger partial charge in [0.15, 0.2) is 0 Å². The molecule has 9 nitrogen and oxygen atoms in total. The molecule has 0 aliphatic rings. The SMILES string of the molecule is CCn1ncc([N+](=O)[O-])c1C(=O)N(C)Cc1ccn(C)n1. The Morgan fingerprint density at radius 2 is 2.24 bits per heavy atom. The molecule has 112 valence electrons. The number of carbonyl (C=O) groups is 1. The van der Waals surface area contributed by atoms with E-state index < -0.39 is 10.8 Å². The number of hydrogen-bond acceptors (Lipinski definition) is 5. The minimum Gasteiger partial charge on any atom is -0.334 e. The summed E-state index contributed by atoms with van der Waals surface area (Å²) in [4.78, 5) is 24.2. The maximum absolute atomic E-state index is 12.4. The standard InChI is InChI=1S/C12H16N6O3/c1-4-17-11(10(7-13-17)18(20)21)12(19)15(2)8-9-5-6-16(3)14-9/h5-7H,4,8H2,1-3H3. The van der Waals surface area contributed by atoms with Gasteiger partial charge in [-0.15, -0.1) is 0 Å². The summed E-state index contributed by atoms with van der Waals surface area (Å²) < 4.78 is 2.96. The van der Waals surface area contributed by atoms with Gasteiger partial charge in [-0.1, -0.05) is 0 Å². The zero-order valence-electron chi connectivity index (χ0n) is 12.1. The number of rotatable bonds is 5. The Morgan fingerprint density at radius 3 is 2.76 bits per heavy atom. The van der Waals surface area contributed by atoms with Gasteiger partial charge in [-0.2, -0.15) is 10.2 Å². The molecular formula is C12H16N6O3. The molecule has 0 bridgehead atoms. The van der Waals surface area contributed by atoms with Gasteiger partial charge in [0, 0.05) is 26.8 Å². The fourth-order valence-corrected chi connectivity index (χ4v) is 2.01. The molecule has 0 unspecified atom stereocenters. The predicted octanol–water partition coefficient (Wildman–Crippen LogP) is 0.817. The van der Waals surface area contributed by atoms with Gasteiger partial charge in [0.1, 0.15) is 6.20 Å². The normalized spacial score (nSPS) is 10.6. The first-order chi connectivity index (χ1) is 9.93. The van der Waals surface area contributed by atoms with Crippen molar-refractivity contribution in [2.24, 2.45) is 7.05 Å². The van der Waals surface area contributed by atoms with Gasteiger partial charge in [0.25, 0.3) is 5.91 Å². The van der Waals surface area contributed by atoms with Crippen molar-refractivity contribution in [1.82, 2.24) is 24.5 Å². The van der Waals surface area contributed by atoms with Crippen LogP contribution < -0.4 is 0 Å². The summed E-state index contributed by atoms with van der Waals surface area (Å²) in [5.41, 5.74) is 0.411. The van der Waals surface area contributed by atoms with E-state index in [0.29, 0.717) is 12.2 Å². The molecule has 0 aromatic carbocycles. The van der Waals surface area contributed by atoms with E-state index >= 15 is 0 Å². The molecule has 0 fully saturated rings. The van der Waals surface area contributed by atoms with Gasteiger partial charge in [0.05, 0.1) is 17.2 Å². The molecule has 0 atom stereocenters. The van der Waals surface area contributed by atoms with Gasteiger partial charge in [0.2, 0.25) is 5.69 Å². The van der Waals surface area contributed by atoms with Crippen LogP contribution in [-0.4, -0.2) is 42.3 Å². The van der Waals surface area contributed by atoms with Crippen LogP contribution in [0.3, 0.4) is 0 Å². The van der Waals surface area contributed by atoms with E-state index in [2.05, 4.69) is 10.2 Å². The zero-order chi connectivity index (χ0) is 15.6. The van der Waals surface area contributed by atoms with Crippen molar-refractivity contribution in [2.45, 2.75) is 20.0 Å². The van der Waals surface area contributed by atoms with Crippen LogP contribution in [0.4, 0.5) is 5.69 Å². The number of hydrogen-bond donors (Lipinski definition) is 0. The first-order valence-corrected chi connectivity index (χ1v) is 6.38. The number of carbonyl (C=O) groups excluding carboxylic acids is 1. The first kappa shape index (κ1) is 14.7. The molecule has 0 radical (unpaired) electrons. The third kappa shape index (κ3) is 2.91. The van der Waals surface area contributed by atoms with Gasteiger partial charge in [-0.05, 0) is 13.0 Å². The number of nitro groups is 1. The average molecular weight is 292 g/mol. The van der Waals surface area contributed by atoms with Crippen LogP contribution in [0.15, 0.2) is 18.5 Å². The predicted molar refractivity (Wildman–Crippen MR) is 73.6 cm³/mol. The smallest absolute Gasteiger partial charge is 0.320 e. The highest BCUT2D eigenvalue weighted by molar-refractivity contribution is 5.96. The van der Waals surface area contributed by atoms with Crippen molar-refractivity contribution in [3.05, 3.63) is 40.0 Å². The summed E-state index contributed by atoms with van der Waals surface area (Å²) in [5, 5.41) is 19.1. The van der Waals surface area contributed by atoms with E-state index in [-0.39, 0.29) is 17.9 Å². The summed E-state index contributed by atoms with van der Waals surface area (Å²) in [5.74, 6) is -0.452. The molecule has 2 heterocycles. The van der Waals surface area contributed by atoms with Crippen molar-refractivity contribution in [3.63, 3.8) is 0 Å². The van der Waals surface area contributed by atoms with Crippen molar-refractivity contribution in [1.29, 1.82) is 0 Å². The van der Waals surface area contributed by atoms with Crippen LogP contribution in [0.1, 0.15) is 23.1 Å². The van der Waals surface area contributed by atoms with Gasteiger partial charge in [-0.25, -0.2) is 0 Å². The number of aryl methyl sites for hydroxylation is 2. The molecule has 0 saturated carbocycles. The summed E-state index contributed by atoms with van der Waals surface area (Å²) in [6.07, 6.45) is 2.87. The van der Waals surface area contributed by atoms with Crippen LogP contribution in [-0.2, 0) is 20.1 Å². The van der Waals surface area contributed by atoms with Crippen molar-refractivity contribution >= 4 is 11.6 Å². The minimum atomic E-state index is -0.596. The molecule has 0 aliphatic heterocycles. The molecule has 0 aliphatic carbocycles. The van der Waals surface area contributed by atoms with Gasteiger partial charge < -0.3 is 4.90 Å². The lowest BCUT2D eigenvalue weighted by molar-refractivity contribution is -0.385. The highest BCUT2D eigenvalue weighted by Crippen LogP contribution is 2.20. The second-order valence-electron chi connectivity index (χ2n) is 4.59. The van der Waals surface area contributed by atoms with Crippen LogP contribution >= 0.6 is 0 Å². The Hall–Kier alpha value is -2.71. The van der Waals surface area contributed by atoms with E-state index in [0.717, 1.165) is 6.20 Å². The summed E-state index contributed by atoms with van der Waals surface area (Å²) in [6.45, 7) is 2.42. The molecule has 9 heteroatoms. The third-order valence-electron chi connectivity index (χ3n) is 3.03. The van der Waals surface area contributed by atoms with E-state index in [9.17, 15) is 14.9 Å². The van der Waals surface area contributed by atoms with Crippen LogP contribution in [0.2, 0.25) is 0 Å². The topological polar surface area (TPSA) is 99.1 Å². The monoisotopic (exact) mass is 292 g/mol. The second kappa shape index (κ2) is 5.73. The highest BCUT2D eigenvalue weighted by atomic mass is 16.6. The number of nitrogens with zero attached hydrogens (tertiary/aromatic N) is 6. The van der Waals surface area contributed by atoms with E-state index in [1.807, 2.05) is 0 Å². The maximum Gasteiger partial charge on any atom is 0.320 e. The summed E-state index contributed by atoms with van der Waals surface area (Å²) >= 11 is 0. The van der Waals surface area contributed by atoms with Crippen molar-refractivity contribution < 1.29 is 9.72 Å². The Morgan fingerprint density at radius 1 is 1.52 bits per heavy atom. The van der Waals surface area contributed by atoms with Crippen LogP contribution in [0.25, 0.3) is 0 Å². The van der Waals surface area contributed by atoms with E-state index in [1.54, 1.807) is 38.0 Å². The zero-order valence-corrected chi connectivity index (χ0v) is 12.1. The molecule has 21 heavy (non-hydrogen) atoms. The third-order valence-corrected chi connectivity index (χ3v) is 3.03. The molecule has 0 N–H and O–H groups in total. The van der Waals surface area contributed by atoms with Crippen LogP contribution in [0, 0.1) is 10.1 Å². The average Bonchev–Trinajstić information content (AvgIpc) is 3.03. The lowest BCUT2D eigenvalue weighted by atomic mass is 10.3. The molecule has 0 saturated heterocycles. The van der Waals surface area contributed by atoms with E-state index in [1.165, 1.54) is 9.58 Å². The minimum absolute atomic E-state index is 0.0130. The Kier molecular flexibility index (Phi) is 4.01. The molecule has 0 spiro atoms. The summed E-state index contributed by atoms with van der Waals surface area (Å²) in [6, 6.07) is 1.79. The molecule has 2 aromatic heterocycles. The molecule has 1 amide bonds. The van der Waals surface area contributed by atoms with Gasteiger partial charge in [-0.3, -0.25) is 24.3 Å². The highest BCUT2D eigenvalue weighted by Gasteiger charge is 2.28.